The average Bonchev–Trinajstić information content (AvgIpc) is 3.66. The molecule has 11 rings (SSSR count). The van der Waals surface area contributed by atoms with E-state index < -0.39 is 0 Å². The fourth-order valence-corrected chi connectivity index (χ4v) is 7.78. The van der Waals surface area contributed by atoms with Crippen LogP contribution in [0.4, 0.5) is 0 Å². The maximum absolute atomic E-state index is 5.30. The van der Waals surface area contributed by atoms with Crippen molar-refractivity contribution >= 4 is 81.6 Å². The summed E-state index contributed by atoms with van der Waals surface area (Å²) in [5.41, 5.74) is 9.11. The largest absolute Gasteiger partial charge is 0.307 e. The first-order valence-electron chi connectivity index (χ1n) is 14.4. The molecular weight excluding hydrogens is 512 g/mol. The minimum atomic E-state index is 0.692. The van der Waals surface area contributed by atoms with Gasteiger partial charge in [0, 0.05) is 48.7 Å². The second-order valence-electron chi connectivity index (χ2n) is 11.4. The van der Waals surface area contributed by atoms with Gasteiger partial charge in [-0.15, -0.1) is 0 Å². The Morgan fingerprint density at radius 1 is 0.405 bits per heavy atom. The fourth-order valence-electron chi connectivity index (χ4n) is 7.78. The second-order valence-corrected chi connectivity index (χ2v) is 11.4. The maximum Gasteiger partial charge on any atom is 0.235 e. The van der Waals surface area contributed by atoms with Crippen LogP contribution in [0.5, 0.6) is 0 Å². The lowest BCUT2D eigenvalue weighted by Crippen LogP contribution is -2.03. The van der Waals surface area contributed by atoms with E-state index in [2.05, 4.69) is 124 Å². The number of hydrogen-bond donors (Lipinski definition) is 0. The Morgan fingerprint density at radius 2 is 1.00 bits per heavy atom. The van der Waals surface area contributed by atoms with Gasteiger partial charge in [-0.3, -0.25) is 4.57 Å². The zero-order chi connectivity index (χ0) is 27.1. The predicted octanol–water partition coefficient (Wildman–Crippen LogP) is 9.57. The highest BCUT2D eigenvalue weighted by atomic mass is 15.2. The Balaban J connectivity index is 1.40. The van der Waals surface area contributed by atoms with E-state index in [4.69, 9.17) is 9.97 Å². The van der Waals surface area contributed by atoms with Crippen LogP contribution in [0.3, 0.4) is 0 Å². The zero-order valence-electron chi connectivity index (χ0n) is 22.3. The Hall–Kier alpha value is -5.74. The molecule has 0 bridgehead atoms. The number of hydrogen-bond acceptors (Lipinski definition) is 2. The summed E-state index contributed by atoms with van der Waals surface area (Å²) in [6.45, 7) is 0. The first-order chi connectivity index (χ1) is 20.9. The average molecular weight is 533 g/mol. The summed E-state index contributed by atoms with van der Waals surface area (Å²) in [7, 11) is 0. The van der Waals surface area contributed by atoms with Crippen LogP contribution in [0.15, 0.2) is 121 Å². The molecule has 4 nitrogen and oxygen atoms in total. The van der Waals surface area contributed by atoms with Crippen LogP contribution in [0.1, 0.15) is 0 Å². The van der Waals surface area contributed by atoms with E-state index in [-0.39, 0.29) is 0 Å². The van der Waals surface area contributed by atoms with Crippen LogP contribution in [-0.2, 0) is 0 Å². The molecule has 0 spiro atoms. The minimum absolute atomic E-state index is 0.692. The molecule has 0 saturated heterocycles. The SMILES string of the molecule is c1ccc(-c2nc(-n3c4cccc5c6cccc7c8cccc9c%10ccc3c(c54)c%10n(c67)c89)nc3ccccc23)cc1. The topological polar surface area (TPSA) is 35.1 Å². The lowest BCUT2D eigenvalue weighted by molar-refractivity contribution is 1.01. The lowest BCUT2D eigenvalue weighted by atomic mass is 10.0. The maximum atomic E-state index is 5.30. The zero-order valence-corrected chi connectivity index (χ0v) is 22.3. The first kappa shape index (κ1) is 21.1. The van der Waals surface area contributed by atoms with Crippen molar-refractivity contribution in [3.8, 4) is 17.2 Å². The van der Waals surface area contributed by atoms with Gasteiger partial charge in [-0.25, -0.2) is 9.97 Å². The monoisotopic (exact) mass is 532 g/mol. The van der Waals surface area contributed by atoms with Crippen LogP contribution in [-0.4, -0.2) is 18.9 Å². The van der Waals surface area contributed by atoms with Crippen LogP contribution in [0, 0.1) is 0 Å². The Morgan fingerprint density at radius 3 is 1.79 bits per heavy atom. The summed E-state index contributed by atoms with van der Waals surface area (Å²) in [5.74, 6) is 0.692. The van der Waals surface area contributed by atoms with Gasteiger partial charge in [0.15, 0.2) is 0 Å². The van der Waals surface area contributed by atoms with E-state index in [0.29, 0.717) is 5.95 Å². The third-order valence-electron chi connectivity index (χ3n) is 9.38. The molecular formula is C38H20N4. The Kier molecular flexibility index (Phi) is 3.57. The normalized spacial score (nSPS) is 12.8. The standard InChI is InChI=1S/C38H20N4/c1-2-9-21(10-3-1)34-28-11-4-5-17-29(28)39-38(40-34)41-30-18-8-12-22-23-13-6-14-24-25-15-7-16-26-27-19-20-31(41)33(32(22)30)37(27)42(35(23)24)36(25)26/h1-20H. The Bertz CT molecular complexity index is 2840. The molecule has 11 aromatic rings. The van der Waals surface area contributed by atoms with Gasteiger partial charge in [-0.05, 0) is 23.6 Å². The van der Waals surface area contributed by atoms with Crippen LogP contribution < -0.4 is 0 Å². The van der Waals surface area contributed by atoms with Crippen molar-refractivity contribution < 1.29 is 0 Å². The molecule has 0 aliphatic heterocycles. The highest BCUT2D eigenvalue weighted by Crippen LogP contribution is 2.48. The molecule has 0 aliphatic rings. The van der Waals surface area contributed by atoms with Gasteiger partial charge in [0.25, 0.3) is 0 Å². The van der Waals surface area contributed by atoms with Crippen LogP contribution in [0.2, 0.25) is 0 Å². The molecule has 6 aromatic carbocycles. The van der Waals surface area contributed by atoms with Gasteiger partial charge >= 0.3 is 0 Å². The number of nitrogens with zero attached hydrogens (tertiary/aromatic N) is 4. The third kappa shape index (κ3) is 2.30. The van der Waals surface area contributed by atoms with Gasteiger partial charge in [0.05, 0.1) is 38.8 Å². The van der Waals surface area contributed by atoms with Gasteiger partial charge in [-0.1, -0.05) is 103 Å². The van der Waals surface area contributed by atoms with E-state index in [9.17, 15) is 0 Å². The molecule has 0 atom stereocenters. The van der Waals surface area contributed by atoms with Crippen LogP contribution >= 0.6 is 0 Å². The molecule has 0 fully saturated rings. The second kappa shape index (κ2) is 7.12. The van der Waals surface area contributed by atoms with Crippen molar-refractivity contribution in [2.75, 3.05) is 0 Å². The molecule has 0 saturated carbocycles. The summed E-state index contributed by atoms with van der Waals surface area (Å²) in [4.78, 5) is 10.5. The van der Waals surface area contributed by atoms with E-state index in [1.165, 1.54) is 59.6 Å². The molecule has 0 aliphatic carbocycles. The van der Waals surface area contributed by atoms with Crippen molar-refractivity contribution in [1.29, 1.82) is 0 Å². The van der Waals surface area contributed by atoms with Crippen molar-refractivity contribution in [3.63, 3.8) is 0 Å². The fraction of sp³-hybridized carbons (Fsp3) is 0. The van der Waals surface area contributed by atoms with Gasteiger partial charge in [0.2, 0.25) is 5.95 Å². The minimum Gasteiger partial charge on any atom is -0.307 e. The summed E-state index contributed by atoms with van der Waals surface area (Å²) in [5, 5.41) is 11.3. The summed E-state index contributed by atoms with van der Waals surface area (Å²) in [6, 6.07) is 43.6. The van der Waals surface area contributed by atoms with Gasteiger partial charge in [0.1, 0.15) is 0 Å². The first-order valence-corrected chi connectivity index (χ1v) is 14.4. The van der Waals surface area contributed by atoms with E-state index >= 15 is 0 Å². The quantitative estimate of drug-likeness (QED) is 0.222. The Labute approximate surface area is 238 Å². The molecule has 0 unspecified atom stereocenters. The molecule has 5 aromatic heterocycles. The smallest absolute Gasteiger partial charge is 0.235 e. The number of rotatable bonds is 2. The molecule has 5 heterocycles. The molecule has 42 heavy (non-hydrogen) atoms. The molecule has 0 amide bonds. The van der Waals surface area contributed by atoms with Gasteiger partial charge < -0.3 is 4.40 Å². The van der Waals surface area contributed by atoms with E-state index in [1.54, 1.807) is 0 Å². The highest BCUT2D eigenvalue weighted by Gasteiger charge is 2.27. The van der Waals surface area contributed by atoms with Gasteiger partial charge in [-0.2, -0.15) is 0 Å². The van der Waals surface area contributed by atoms with Crippen molar-refractivity contribution in [3.05, 3.63) is 121 Å². The number of fused-ring (bicyclic) bond motifs is 4. The number of benzene rings is 6. The summed E-state index contributed by atoms with van der Waals surface area (Å²) >= 11 is 0. The van der Waals surface area contributed by atoms with Crippen molar-refractivity contribution in [1.82, 2.24) is 18.9 Å². The molecule has 192 valence electrons. The molecule has 4 heteroatoms. The predicted molar refractivity (Wildman–Crippen MR) is 174 cm³/mol. The third-order valence-corrected chi connectivity index (χ3v) is 9.38. The van der Waals surface area contributed by atoms with E-state index in [0.717, 1.165) is 33.2 Å². The van der Waals surface area contributed by atoms with Crippen LogP contribution in [0.25, 0.3) is 98.8 Å². The number of para-hydroxylation sites is 3. The summed E-state index contributed by atoms with van der Waals surface area (Å²) in [6.07, 6.45) is 0. The highest BCUT2D eigenvalue weighted by molar-refractivity contribution is 6.37. The van der Waals surface area contributed by atoms with E-state index in [1.807, 2.05) is 6.07 Å². The van der Waals surface area contributed by atoms with Crippen molar-refractivity contribution in [2.45, 2.75) is 0 Å². The molecule has 0 radical (unpaired) electrons. The number of aromatic nitrogens is 4. The van der Waals surface area contributed by atoms with Crippen molar-refractivity contribution in [2.24, 2.45) is 0 Å². The summed E-state index contributed by atoms with van der Waals surface area (Å²) < 4.78 is 4.82. The molecule has 0 N–H and O–H groups in total. The lowest BCUT2D eigenvalue weighted by Gasteiger charge is -2.12.